The van der Waals surface area contributed by atoms with Gasteiger partial charge in [0.25, 0.3) is 5.91 Å². The zero-order chi connectivity index (χ0) is 24.4. The van der Waals surface area contributed by atoms with E-state index in [0.29, 0.717) is 36.1 Å². The molecule has 0 saturated carbocycles. The van der Waals surface area contributed by atoms with Gasteiger partial charge in [0.1, 0.15) is 25.6 Å². The Bertz CT molecular complexity index is 1320. The number of hydrogen-bond donors (Lipinski definition) is 1. The number of nitrogens with one attached hydrogen (secondary N) is 1. The van der Waals surface area contributed by atoms with Gasteiger partial charge in [-0.25, -0.2) is 4.39 Å². The Labute approximate surface area is 201 Å². The molecule has 3 aromatic rings. The fourth-order valence-electron chi connectivity index (χ4n) is 4.00. The number of para-hydroxylation sites is 2. The quantitative estimate of drug-likeness (QED) is 0.560. The van der Waals surface area contributed by atoms with E-state index >= 15 is 0 Å². The number of carbonyl (C=O) groups is 2. The van der Waals surface area contributed by atoms with Crippen LogP contribution in [0.5, 0.6) is 17.2 Å². The molecule has 0 spiro atoms. The monoisotopic (exact) mass is 474 g/mol. The van der Waals surface area contributed by atoms with Crippen LogP contribution in [0.25, 0.3) is 6.08 Å². The van der Waals surface area contributed by atoms with Gasteiger partial charge in [-0.3, -0.25) is 14.5 Å². The first-order valence-corrected chi connectivity index (χ1v) is 11.2. The van der Waals surface area contributed by atoms with Crippen LogP contribution in [0, 0.1) is 5.82 Å². The predicted molar refractivity (Wildman–Crippen MR) is 128 cm³/mol. The van der Waals surface area contributed by atoms with E-state index in [1.54, 1.807) is 42.5 Å². The van der Waals surface area contributed by atoms with Crippen molar-refractivity contribution >= 4 is 23.6 Å². The molecule has 2 heterocycles. The summed E-state index contributed by atoms with van der Waals surface area (Å²) in [6, 6.07) is 18.2. The highest BCUT2D eigenvalue weighted by Gasteiger charge is 2.32. The number of carbonyl (C=O) groups excluding carboxylic acids is 2. The second-order valence-corrected chi connectivity index (χ2v) is 8.18. The molecule has 2 aliphatic rings. The highest BCUT2D eigenvalue weighted by molar-refractivity contribution is 6.12. The molecule has 0 bridgehead atoms. The van der Waals surface area contributed by atoms with Crippen molar-refractivity contribution in [3.63, 3.8) is 0 Å². The highest BCUT2D eigenvalue weighted by Crippen LogP contribution is 2.36. The number of amides is 2. The van der Waals surface area contributed by atoms with Gasteiger partial charge in [-0.2, -0.15) is 0 Å². The van der Waals surface area contributed by atoms with Crippen molar-refractivity contribution in [3.05, 3.63) is 89.4 Å². The van der Waals surface area contributed by atoms with Crippen LogP contribution >= 0.6 is 0 Å². The molecule has 178 valence electrons. The van der Waals surface area contributed by atoms with Gasteiger partial charge in [0, 0.05) is 5.56 Å². The molecule has 1 atom stereocenters. The van der Waals surface area contributed by atoms with Crippen molar-refractivity contribution in [3.8, 4) is 17.2 Å². The normalized spacial score (nSPS) is 16.3. The first kappa shape index (κ1) is 22.5. The summed E-state index contributed by atoms with van der Waals surface area (Å²) in [6.07, 6.45) is 1.34. The fraction of sp³-hybridized carbons (Fsp3) is 0.185. The van der Waals surface area contributed by atoms with Crippen molar-refractivity contribution in [1.82, 2.24) is 5.32 Å². The van der Waals surface area contributed by atoms with Gasteiger partial charge in [-0.15, -0.1) is 0 Å². The second kappa shape index (κ2) is 9.50. The minimum Gasteiger partial charge on any atom is -0.486 e. The summed E-state index contributed by atoms with van der Waals surface area (Å²) in [5.41, 5.74) is 1.52. The molecule has 1 unspecified atom stereocenters. The van der Waals surface area contributed by atoms with E-state index in [9.17, 15) is 14.0 Å². The average Bonchev–Trinajstić information content (AvgIpc) is 2.87. The van der Waals surface area contributed by atoms with Crippen LogP contribution in [0.3, 0.4) is 0 Å². The van der Waals surface area contributed by atoms with Crippen molar-refractivity contribution in [2.75, 3.05) is 24.7 Å². The second-order valence-electron chi connectivity index (χ2n) is 8.18. The van der Waals surface area contributed by atoms with Crippen LogP contribution < -0.4 is 24.4 Å². The lowest BCUT2D eigenvalue weighted by Gasteiger charge is -2.30. The lowest BCUT2D eigenvalue weighted by Crippen LogP contribution is -2.44. The summed E-state index contributed by atoms with van der Waals surface area (Å²) in [4.78, 5) is 27.6. The van der Waals surface area contributed by atoms with Gasteiger partial charge in [-0.1, -0.05) is 36.4 Å². The summed E-state index contributed by atoms with van der Waals surface area (Å²) < 4.78 is 31.1. The molecule has 5 rings (SSSR count). The SMILES string of the molecule is CC(NC(=O)CN1C(=O)C(=Cc2ccccc2F)Oc2ccccc21)c1ccc2c(c1)OCCO2. The Morgan fingerprint density at radius 3 is 2.60 bits per heavy atom. The molecule has 0 saturated heterocycles. The molecule has 0 aromatic heterocycles. The molecular formula is C27H23FN2O5. The molecule has 1 N–H and O–H groups in total. The number of halogens is 1. The van der Waals surface area contributed by atoms with Gasteiger partial charge in [0.2, 0.25) is 5.91 Å². The van der Waals surface area contributed by atoms with E-state index in [-0.39, 0.29) is 29.8 Å². The molecule has 3 aromatic carbocycles. The molecular weight excluding hydrogens is 451 g/mol. The van der Waals surface area contributed by atoms with Gasteiger partial charge in [0.15, 0.2) is 23.0 Å². The highest BCUT2D eigenvalue weighted by atomic mass is 19.1. The molecule has 35 heavy (non-hydrogen) atoms. The van der Waals surface area contributed by atoms with Crippen LogP contribution in [-0.4, -0.2) is 31.6 Å². The minimum absolute atomic E-state index is 0.0681. The van der Waals surface area contributed by atoms with E-state index in [1.807, 2.05) is 25.1 Å². The number of nitrogens with zero attached hydrogens (tertiary/aromatic N) is 1. The predicted octanol–water partition coefficient (Wildman–Crippen LogP) is 4.24. The third-order valence-corrected chi connectivity index (χ3v) is 5.77. The molecule has 2 aliphatic heterocycles. The maximum atomic E-state index is 14.2. The summed E-state index contributed by atoms with van der Waals surface area (Å²) in [5.74, 6) is 0.270. The zero-order valence-corrected chi connectivity index (χ0v) is 19.0. The maximum absolute atomic E-state index is 14.2. The van der Waals surface area contributed by atoms with E-state index in [0.717, 1.165) is 5.56 Å². The number of anilines is 1. The summed E-state index contributed by atoms with van der Waals surface area (Å²) in [7, 11) is 0. The van der Waals surface area contributed by atoms with Crippen molar-refractivity contribution in [1.29, 1.82) is 0 Å². The summed E-state index contributed by atoms with van der Waals surface area (Å²) in [5, 5.41) is 2.93. The van der Waals surface area contributed by atoms with Gasteiger partial charge in [-0.05, 0) is 48.9 Å². The van der Waals surface area contributed by atoms with Crippen LogP contribution in [-0.2, 0) is 9.59 Å². The van der Waals surface area contributed by atoms with Crippen LogP contribution in [0.1, 0.15) is 24.1 Å². The van der Waals surface area contributed by atoms with Gasteiger partial charge < -0.3 is 19.5 Å². The molecule has 2 amide bonds. The summed E-state index contributed by atoms with van der Waals surface area (Å²) in [6.45, 7) is 2.59. The smallest absolute Gasteiger partial charge is 0.294 e. The molecule has 7 nitrogen and oxygen atoms in total. The topological polar surface area (TPSA) is 77.1 Å². The minimum atomic E-state index is -0.533. The van der Waals surface area contributed by atoms with E-state index in [2.05, 4.69) is 5.32 Å². The third kappa shape index (κ3) is 4.68. The Morgan fingerprint density at radius 2 is 1.77 bits per heavy atom. The van der Waals surface area contributed by atoms with Crippen LogP contribution in [0.4, 0.5) is 10.1 Å². The largest absolute Gasteiger partial charge is 0.486 e. The molecule has 0 fully saturated rings. The van der Waals surface area contributed by atoms with Gasteiger partial charge >= 0.3 is 0 Å². The molecule has 0 aliphatic carbocycles. The first-order valence-electron chi connectivity index (χ1n) is 11.2. The standard InChI is InChI=1S/C27H23FN2O5/c1-17(18-10-11-23-24(14-18)34-13-12-33-23)29-26(31)16-30-21-8-4-5-9-22(21)35-25(27(30)32)15-19-6-2-3-7-20(19)28/h2-11,14-15,17H,12-13,16H2,1H3,(H,29,31). The number of ether oxygens (including phenoxy) is 3. The fourth-order valence-corrected chi connectivity index (χ4v) is 4.00. The molecule has 8 heteroatoms. The van der Waals surface area contributed by atoms with Crippen molar-refractivity contribution < 1.29 is 28.2 Å². The number of rotatable bonds is 5. The average molecular weight is 474 g/mol. The first-order chi connectivity index (χ1) is 17.0. The maximum Gasteiger partial charge on any atom is 0.294 e. The van der Waals surface area contributed by atoms with E-state index < -0.39 is 11.7 Å². The third-order valence-electron chi connectivity index (χ3n) is 5.77. The van der Waals surface area contributed by atoms with Gasteiger partial charge in [0.05, 0.1) is 11.7 Å². The van der Waals surface area contributed by atoms with E-state index in [4.69, 9.17) is 14.2 Å². The Morgan fingerprint density at radius 1 is 1.03 bits per heavy atom. The number of hydrogen-bond acceptors (Lipinski definition) is 5. The molecule has 0 radical (unpaired) electrons. The number of fused-ring (bicyclic) bond motifs is 2. The summed E-state index contributed by atoms with van der Waals surface area (Å²) >= 11 is 0. The van der Waals surface area contributed by atoms with Crippen LogP contribution in [0.2, 0.25) is 0 Å². The Kier molecular flexibility index (Phi) is 6.10. The Balaban J connectivity index is 1.36. The van der Waals surface area contributed by atoms with E-state index in [1.165, 1.54) is 17.0 Å². The Hall–Kier alpha value is -4.33. The van der Waals surface area contributed by atoms with Crippen molar-refractivity contribution in [2.24, 2.45) is 0 Å². The number of benzene rings is 3. The van der Waals surface area contributed by atoms with Crippen LogP contribution in [0.15, 0.2) is 72.5 Å². The lowest BCUT2D eigenvalue weighted by molar-refractivity contribution is -0.123. The van der Waals surface area contributed by atoms with Crippen molar-refractivity contribution in [2.45, 2.75) is 13.0 Å². The lowest BCUT2D eigenvalue weighted by atomic mass is 10.1. The zero-order valence-electron chi connectivity index (χ0n) is 19.0.